The van der Waals surface area contributed by atoms with Gasteiger partial charge in [0.25, 0.3) is 0 Å². The third kappa shape index (κ3) is 3.66. The van der Waals surface area contributed by atoms with Crippen molar-refractivity contribution in [2.45, 2.75) is 13.5 Å². The van der Waals surface area contributed by atoms with Crippen LogP contribution in [0.15, 0.2) is 36.4 Å². The number of carbonyl (C=O) groups excluding carboxylic acids is 1. The molecule has 1 amide bonds. The quantitative estimate of drug-likeness (QED) is 0.852. The van der Waals surface area contributed by atoms with E-state index in [0.717, 1.165) is 17.1 Å². The Bertz CT molecular complexity index is 548. The van der Waals surface area contributed by atoms with Gasteiger partial charge in [-0.2, -0.15) is 5.10 Å². The predicted octanol–water partition coefficient (Wildman–Crippen LogP) is 1.40. The van der Waals surface area contributed by atoms with Crippen molar-refractivity contribution in [1.29, 1.82) is 0 Å². The normalized spacial score (nSPS) is 10.4. The van der Waals surface area contributed by atoms with Crippen LogP contribution in [0.4, 0.5) is 5.82 Å². The smallest absolute Gasteiger partial charge is 0.239 e. The molecule has 100 valence electrons. The number of hydrogen-bond donors (Lipinski definition) is 2. The second-order valence-corrected chi connectivity index (χ2v) is 4.39. The first kappa shape index (κ1) is 13.3. The summed E-state index contributed by atoms with van der Waals surface area (Å²) < 4.78 is 1.80. The van der Waals surface area contributed by atoms with E-state index in [2.05, 4.69) is 15.7 Å². The average molecular weight is 258 g/mol. The third-order valence-corrected chi connectivity index (χ3v) is 2.68. The van der Waals surface area contributed by atoms with Gasteiger partial charge in [-0.25, -0.2) is 4.68 Å². The maximum Gasteiger partial charge on any atom is 0.239 e. The van der Waals surface area contributed by atoms with Gasteiger partial charge in [0.1, 0.15) is 5.82 Å². The number of hydrogen-bond acceptors (Lipinski definition) is 3. The highest BCUT2D eigenvalue weighted by Gasteiger charge is 2.09. The van der Waals surface area contributed by atoms with Crippen molar-refractivity contribution in [3.8, 4) is 0 Å². The number of benzene rings is 1. The van der Waals surface area contributed by atoms with E-state index in [9.17, 15) is 4.79 Å². The molecule has 0 saturated carbocycles. The molecule has 0 aliphatic heterocycles. The van der Waals surface area contributed by atoms with E-state index in [1.807, 2.05) is 43.3 Å². The van der Waals surface area contributed by atoms with Gasteiger partial charge in [-0.15, -0.1) is 0 Å². The van der Waals surface area contributed by atoms with Gasteiger partial charge in [-0.1, -0.05) is 30.3 Å². The first-order chi connectivity index (χ1) is 9.19. The molecule has 19 heavy (non-hydrogen) atoms. The van der Waals surface area contributed by atoms with Crippen molar-refractivity contribution in [2.24, 2.45) is 0 Å². The maximum atomic E-state index is 11.6. The minimum atomic E-state index is -0.0725. The summed E-state index contributed by atoms with van der Waals surface area (Å²) >= 11 is 0. The molecule has 0 saturated heterocycles. The van der Waals surface area contributed by atoms with Crippen LogP contribution in [0.2, 0.25) is 0 Å². The van der Waals surface area contributed by atoms with E-state index >= 15 is 0 Å². The lowest BCUT2D eigenvalue weighted by atomic mass is 10.2. The Balaban J connectivity index is 2.14. The Morgan fingerprint density at radius 3 is 2.74 bits per heavy atom. The summed E-state index contributed by atoms with van der Waals surface area (Å²) in [5, 5.41) is 10.1. The number of aryl methyl sites for hydroxylation is 1. The molecule has 0 aliphatic rings. The Morgan fingerprint density at radius 1 is 1.32 bits per heavy atom. The van der Waals surface area contributed by atoms with Gasteiger partial charge < -0.3 is 10.6 Å². The summed E-state index contributed by atoms with van der Waals surface area (Å²) in [5.41, 5.74) is 2.03. The number of amides is 1. The number of rotatable bonds is 5. The topological polar surface area (TPSA) is 59.0 Å². The molecule has 1 aromatic carbocycles. The minimum Gasteiger partial charge on any atom is -0.311 e. The molecule has 0 radical (unpaired) electrons. The predicted molar refractivity (Wildman–Crippen MR) is 75.1 cm³/mol. The van der Waals surface area contributed by atoms with Crippen LogP contribution in [-0.2, 0) is 11.3 Å². The van der Waals surface area contributed by atoms with Crippen LogP contribution in [0.3, 0.4) is 0 Å². The summed E-state index contributed by atoms with van der Waals surface area (Å²) in [6.45, 7) is 2.84. The maximum absolute atomic E-state index is 11.6. The Hall–Kier alpha value is -2.14. The summed E-state index contributed by atoms with van der Waals surface area (Å²) in [6, 6.07) is 11.9. The van der Waals surface area contributed by atoms with Crippen molar-refractivity contribution >= 4 is 11.7 Å². The van der Waals surface area contributed by atoms with Crippen LogP contribution < -0.4 is 10.6 Å². The zero-order valence-corrected chi connectivity index (χ0v) is 11.2. The van der Waals surface area contributed by atoms with Crippen molar-refractivity contribution in [2.75, 3.05) is 18.9 Å². The number of aromatic nitrogens is 2. The molecule has 0 spiro atoms. The zero-order valence-electron chi connectivity index (χ0n) is 11.2. The van der Waals surface area contributed by atoms with Gasteiger partial charge in [-0.3, -0.25) is 4.79 Å². The lowest BCUT2D eigenvalue weighted by Gasteiger charge is -2.08. The van der Waals surface area contributed by atoms with Gasteiger partial charge in [-0.05, 0) is 19.5 Å². The number of nitrogens with one attached hydrogen (secondary N) is 2. The van der Waals surface area contributed by atoms with Gasteiger partial charge in [0.2, 0.25) is 5.91 Å². The summed E-state index contributed by atoms with van der Waals surface area (Å²) in [6.07, 6.45) is 0. The number of carbonyl (C=O) groups is 1. The van der Waals surface area contributed by atoms with Gasteiger partial charge in [0.15, 0.2) is 0 Å². The highest BCUT2D eigenvalue weighted by Crippen LogP contribution is 2.12. The first-order valence-corrected chi connectivity index (χ1v) is 6.22. The zero-order chi connectivity index (χ0) is 13.7. The van der Waals surface area contributed by atoms with E-state index in [-0.39, 0.29) is 12.5 Å². The molecule has 1 aromatic heterocycles. The summed E-state index contributed by atoms with van der Waals surface area (Å²) in [4.78, 5) is 11.6. The highest BCUT2D eigenvalue weighted by atomic mass is 16.2. The van der Waals surface area contributed by atoms with E-state index in [1.165, 1.54) is 0 Å². The number of nitrogens with zero attached hydrogens (tertiary/aromatic N) is 2. The second kappa shape index (κ2) is 6.15. The highest BCUT2D eigenvalue weighted by molar-refractivity contribution is 5.91. The van der Waals surface area contributed by atoms with Crippen LogP contribution in [0.1, 0.15) is 11.3 Å². The van der Waals surface area contributed by atoms with Crippen molar-refractivity contribution in [3.63, 3.8) is 0 Å². The molecule has 0 atom stereocenters. The monoisotopic (exact) mass is 258 g/mol. The molecule has 2 rings (SSSR count). The Morgan fingerprint density at radius 2 is 2.05 bits per heavy atom. The molecule has 2 N–H and O–H groups in total. The third-order valence-electron chi connectivity index (χ3n) is 2.68. The van der Waals surface area contributed by atoms with Crippen LogP contribution >= 0.6 is 0 Å². The molecule has 0 unspecified atom stereocenters. The van der Waals surface area contributed by atoms with Crippen molar-refractivity contribution in [3.05, 3.63) is 47.7 Å². The molecule has 5 nitrogen and oxygen atoms in total. The molecular weight excluding hydrogens is 240 g/mol. The molecule has 2 aromatic rings. The van der Waals surface area contributed by atoms with Gasteiger partial charge >= 0.3 is 0 Å². The number of likely N-dealkylation sites (N-methyl/N-ethyl adjacent to an activating group) is 1. The largest absolute Gasteiger partial charge is 0.311 e. The molecular formula is C14H18N4O. The van der Waals surface area contributed by atoms with E-state index in [4.69, 9.17) is 0 Å². The molecule has 0 aliphatic carbocycles. The fraction of sp³-hybridized carbons (Fsp3) is 0.286. The molecule has 1 heterocycles. The summed E-state index contributed by atoms with van der Waals surface area (Å²) in [5.74, 6) is 0.651. The van der Waals surface area contributed by atoms with Crippen LogP contribution in [-0.4, -0.2) is 29.3 Å². The Kier molecular flexibility index (Phi) is 4.30. The SMILES string of the molecule is CNCC(=O)Nc1cc(C)nn1Cc1ccccc1. The van der Waals surface area contributed by atoms with Crippen LogP contribution in [0.25, 0.3) is 0 Å². The fourth-order valence-electron chi connectivity index (χ4n) is 1.87. The van der Waals surface area contributed by atoms with E-state index in [1.54, 1.807) is 11.7 Å². The van der Waals surface area contributed by atoms with Gasteiger partial charge in [0, 0.05) is 6.07 Å². The van der Waals surface area contributed by atoms with Gasteiger partial charge in [0.05, 0.1) is 18.8 Å². The lowest BCUT2D eigenvalue weighted by molar-refractivity contribution is -0.115. The number of anilines is 1. The minimum absolute atomic E-state index is 0.0725. The molecule has 0 bridgehead atoms. The van der Waals surface area contributed by atoms with Crippen molar-refractivity contribution in [1.82, 2.24) is 15.1 Å². The van der Waals surface area contributed by atoms with Crippen LogP contribution in [0, 0.1) is 6.92 Å². The van der Waals surface area contributed by atoms with E-state index < -0.39 is 0 Å². The standard InChI is InChI=1S/C14H18N4O/c1-11-8-13(16-14(19)9-15-2)18(17-11)10-12-6-4-3-5-7-12/h3-8,15H,9-10H2,1-2H3,(H,16,19). The first-order valence-electron chi connectivity index (χ1n) is 6.22. The van der Waals surface area contributed by atoms with E-state index in [0.29, 0.717) is 6.54 Å². The summed E-state index contributed by atoms with van der Waals surface area (Å²) in [7, 11) is 1.74. The average Bonchev–Trinajstić information content (AvgIpc) is 2.71. The lowest BCUT2D eigenvalue weighted by Crippen LogP contribution is -2.26. The second-order valence-electron chi connectivity index (χ2n) is 4.39. The molecule has 5 heteroatoms. The van der Waals surface area contributed by atoms with Crippen LogP contribution in [0.5, 0.6) is 0 Å². The van der Waals surface area contributed by atoms with Crippen molar-refractivity contribution < 1.29 is 4.79 Å². The Labute approximate surface area is 112 Å². The fourth-order valence-corrected chi connectivity index (χ4v) is 1.87. The molecule has 0 fully saturated rings.